The van der Waals surface area contributed by atoms with Crippen LogP contribution in [0.1, 0.15) is 36.9 Å². The second kappa shape index (κ2) is 7.80. The van der Waals surface area contributed by atoms with Crippen LogP contribution in [-0.4, -0.2) is 29.9 Å². The van der Waals surface area contributed by atoms with Gasteiger partial charge in [-0.05, 0) is 49.1 Å². The number of nitrogens with one attached hydrogen (secondary N) is 2. The fraction of sp³-hybridized carbons (Fsp3) is 0.381. The van der Waals surface area contributed by atoms with E-state index in [4.69, 9.17) is 11.6 Å². The summed E-state index contributed by atoms with van der Waals surface area (Å²) in [5, 5.41) is 6.59. The van der Waals surface area contributed by atoms with Crippen LogP contribution in [0.15, 0.2) is 36.5 Å². The molecule has 146 valence electrons. The third-order valence-electron chi connectivity index (χ3n) is 5.51. The Balaban J connectivity index is 1.32. The zero-order chi connectivity index (χ0) is 19.7. The molecular formula is C21H23ClN4O2. The lowest BCUT2D eigenvalue weighted by molar-refractivity contribution is -0.126. The molecule has 6 nitrogen and oxygen atoms in total. The molecule has 1 saturated heterocycles. The molecule has 2 N–H and O–H groups in total. The first-order valence-electron chi connectivity index (χ1n) is 9.59. The van der Waals surface area contributed by atoms with Gasteiger partial charge in [-0.25, -0.2) is 4.98 Å². The molecular weight excluding hydrogens is 376 g/mol. The van der Waals surface area contributed by atoms with Crippen LogP contribution in [-0.2, 0) is 16.0 Å². The van der Waals surface area contributed by atoms with Gasteiger partial charge in [-0.15, -0.1) is 0 Å². The monoisotopic (exact) mass is 398 g/mol. The Bertz CT molecular complexity index is 892. The highest BCUT2D eigenvalue weighted by Crippen LogP contribution is 2.27. The van der Waals surface area contributed by atoms with Gasteiger partial charge in [0, 0.05) is 30.9 Å². The lowest BCUT2D eigenvalue weighted by Crippen LogP contribution is -2.41. The summed E-state index contributed by atoms with van der Waals surface area (Å²) in [7, 11) is 0. The smallest absolute Gasteiger partial charge is 0.228 e. The summed E-state index contributed by atoms with van der Waals surface area (Å²) in [6.45, 7) is 3.58. The van der Waals surface area contributed by atoms with Crippen molar-refractivity contribution in [1.29, 1.82) is 0 Å². The van der Waals surface area contributed by atoms with Gasteiger partial charge in [0.05, 0.1) is 17.5 Å². The highest BCUT2D eigenvalue weighted by molar-refractivity contribution is 6.30. The summed E-state index contributed by atoms with van der Waals surface area (Å²) >= 11 is 5.90. The molecule has 2 aromatic rings. The number of hydrogen-bond donors (Lipinski definition) is 2. The number of piperidine rings is 1. The van der Waals surface area contributed by atoms with Gasteiger partial charge in [-0.1, -0.05) is 23.7 Å². The Morgan fingerprint density at radius 1 is 1.29 bits per heavy atom. The standard InChI is InChI=1S/C21H23ClN4O2/c1-13(15-2-4-18-16(10-15)11-20(27)25-18)24-21(28)14-6-8-26(9-7-14)19-5-3-17(22)12-23-19/h2-5,10,12-14H,6-9,11H2,1H3,(H,24,28)(H,25,27). The zero-order valence-corrected chi connectivity index (χ0v) is 16.5. The van der Waals surface area contributed by atoms with Crippen molar-refractivity contribution in [3.05, 3.63) is 52.7 Å². The van der Waals surface area contributed by atoms with Crippen LogP contribution in [0.5, 0.6) is 0 Å². The molecule has 7 heteroatoms. The minimum atomic E-state index is -0.0931. The average Bonchev–Trinajstić information content (AvgIpc) is 3.07. The second-order valence-corrected chi connectivity index (χ2v) is 7.90. The van der Waals surface area contributed by atoms with Gasteiger partial charge in [0.2, 0.25) is 11.8 Å². The Morgan fingerprint density at radius 3 is 2.79 bits per heavy atom. The first-order valence-corrected chi connectivity index (χ1v) is 9.97. The minimum absolute atomic E-state index is 0.00340. The van der Waals surface area contributed by atoms with E-state index in [9.17, 15) is 9.59 Å². The quantitative estimate of drug-likeness (QED) is 0.828. The molecule has 0 radical (unpaired) electrons. The van der Waals surface area contributed by atoms with E-state index in [-0.39, 0.29) is 23.8 Å². The molecule has 1 fully saturated rings. The van der Waals surface area contributed by atoms with Crippen molar-refractivity contribution in [2.45, 2.75) is 32.2 Å². The predicted octanol–water partition coefficient (Wildman–Crippen LogP) is 3.32. The molecule has 1 aromatic carbocycles. The number of anilines is 2. The van der Waals surface area contributed by atoms with E-state index < -0.39 is 0 Å². The van der Waals surface area contributed by atoms with Crippen LogP contribution in [0, 0.1) is 5.92 Å². The fourth-order valence-electron chi connectivity index (χ4n) is 3.86. The second-order valence-electron chi connectivity index (χ2n) is 7.47. The number of nitrogens with zero attached hydrogens (tertiary/aromatic N) is 2. The SMILES string of the molecule is CC(NC(=O)C1CCN(c2ccc(Cl)cn2)CC1)c1ccc2c(c1)CC(=O)N2. The van der Waals surface area contributed by atoms with Crippen molar-refractivity contribution in [2.24, 2.45) is 5.92 Å². The number of amides is 2. The van der Waals surface area contributed by atoms with Crippen LogP contribution >= 0.6 is 11.6 Å². The predicted molar refractivity (Wildman–Crippen MR) is 110 cm³/mol. The molecule has 1 aromatic heterocycles. The normalized spacial score (nSPS) is 17.8. The Kier molecular flexibility index (Phi) is 5.22. The molecule has 2 amide bonds. The number of rotatable bonds is 4. The number of halogens is 1. The molecule has 4 rings (SSSR count). The Morgan fingerprint density at radius 2 is 2.07 bits per heavy atom. The summed E-state index contributed by atoms with van der Waals surface area (Å²) in [5.41, 5.74) is 2.88. The van der Waals surface area contributed by atoms with Crippen molar-refractivity contribution in [2.75, 3.05) is 23.3 Å². The first kappa shape index (κ1) is 18.7. The molecule has 0 saturated carbocycles. The average molecular weight is 399 g/mol. The van der Waals surface area contributed by atoms with Crippen LogP contribution in [0.2, 0.25) is 5.02 Å². The maximum atomic E-state index is 12.7. The number of aromatic nitrogens is 1. The molecule has 0 aliphatic carbocycles. The van der Waals surface area contributed by atoms with Gasteiger partial charge < -0.3 is 15.5 Å². The van der Waals surface area contributed by atoms with Crippen molar-refractivity contribution in [1.82, 2.24) is 10.3 Å². The van der Waals surface area contributed by atoms with Gasteiger partial charge >= 0.3 is 0 Å². The number of fused-ring (bicyclic) bond motifs is 1. The van der Waals surface area contributed by atoms with E-state index in [1.54, 1.807) is 6.20 Å². The molecule has 3 heterocycles. The van der Waals surface area contributed by atoms with Crippen molar-refractivity contribution in [3.8, 4) is 0 Å². The van der Waals surface area contributed by atoms with E-state index in [0.717, 1.165) is 48.6 Å². The summed E-state index contributed by atoms with van der Waals surface area (Å²) in [5.74, 6) is 1.01. The van der Waals surface area contributed by atoms with Crippen LogP contribution < -0.4 is 15.5 Å². The molecule has 2 aliphatic rings. The van der Waals surface area contributed by atoms with Gasteiger partial charge in [0.25, 0.3) is 0 Å². The number of carbonyl (C=O) groups excluding carboxylic acids is 2. The summed E-state index contributed by atoms with van der Waals surface area (Å²) < 4.78 is 0. The number of hydrogen-bond acceptors (Lipinski definition) is 4. The highest BCUT2D eigenvalue weighted by Gasteiger charge is 2.27. The van der Waals surface area contributed by atoms with Crippen molar-refractivity contribution >= 4 is 34.9 Å². The van der Waals surface area contributed by atoms with Gasteiger partial charge in [0.1, 0.15) is 5.82 Å². The maximum absolute atomic E-state index is 12.7. The minimum Gasteiger partial charge on any atom is -0.357 e. The van der Waals surface area contributed by atoms with Crippen LogP contribution in [0.4, 0.5) is 11.5 Å². The molecule has 0 bridgehead atoms. The third-order valence-corrected chi connectivity index (χ3v) is 5.74. The molecule has 1 unspecified atom stereocenters. The van der Waals surface area contributed by atoms with E-state index in [1.165, 1.54) is 0 Å². The maximum Gasteiger partial charge on any atom is 0.228 e. The molecule has 2 aliphatic heterocycles. The van der Waals surface area contributed by atoms with E-state index in [0.29, 0.717) is 11.4 Å². The van der Waals surface area contributed by atoms with Crippen LogP contribution in [0.25, 0.3) is 0 Å². The number of pyridine rings is 1. The lowest BCUT2D eigenvalue weighted by Gasteiger charge is -2.32. The third kappa shape index (κ3) is 3.97. The molecule has 28 heavy (non-hydrogen) atoms. The van der Waals surface area contributed by atoms with E-state index >= 15 is 0 Å². The molecule has 1 atom stereocenters. The fourth-order valence-corrected chi connectivity index (χ4v) is 3.97. The van der Waals surface area contributed by atoms with Crippen molar-refractivity contribution < 1.29 is 9.59 Å². The van der Waals surface area contributed by atoms with Gasteiger partial charge in [-0.3, -0.25) is 9.59 Å². The zero-order valence-electron chi connectivity index (χ0n) is 15.7. The van der Waals surface area contributed by atoms with Crippen LogP contribution in [0.3, 0.4) is 0 Å². The number of carbonyl (C=O) groups is 2. The lowest BCUT2D eigenvalue weighted by atomic mass is 9.95. The topological polar surface area (TPSA) is 74.3 Å². The summed E-state index contributed by atoms with van der Waals surface area (Å²) in [6, 6.07) is 9.54. The highest BCUT2D eigenvalue weighted by atomic mass is 35.5. The Hall–Kier alpha value is -2.60. The largest absolute Gasteiger partial charge is 0.357 e. The number of benzene rings is 1. The van der Waals surface area contributed by atoms with Gasteiger partial charge in [0.15, 0.2) is 0 Å². The van der Waals surface area contributed by atoms with E-state index in [1.807, 2.05) is 37.3 Å². The van der Waals surface area contributed by atoms with Crippen molar-refractivity contribution in [3.63, 3.8) is 0 Å². The summed E-state index contributed by atoms with van der Waals surface area (Å²) in [4.78, 5) is 30.8. The Labute approximate surface area is 169 Å². The summed E-state index contributed by atoms with van der Waals surface area (Å²) in [6.07, 6.45) is 3.65. The molecule has 0 spiro atoms. The van der Waals surface area contributed by atoms with E-state index in [2.05, 4.69) is 20.5 Å². The van der Waals surface area contributed by atoms with Gasteiger partial charge in [-0.2, -0.15) is 0 Å². The first-order chi connectivity index (χ1) is 13.5.